The number of hydrogen-bond acceptors (Lipinski definition) is 5. The van der Waals surface area contributed by atoms with Crippen molar-refractivity contribution in [2.45, 2.75) is 4.90 Å². The zero-order chi connectivity index (χ0) is 16.4. The Bertz CT molecular complexity index is 848. The second kappa shape index (κ2) is 5.81. The molecule has 1 heterocycles. The van der Waals surface area contributed by atoms with Crippen LogP contribution < -0.4 is 14.2 Å². The molecule has 0 saturated carbocycles. The van der Waals surface area contributed by atoms with E-state index in [0.29, 0.717) is 19.0 Å². The molecule has 23 heavy (non-hydrogen) atoms. The van der Waals surface area contributed by atoms with Crippen LogP contribution in [0.5, 0.6) is 11.5 Å². The Morgan fingerprint density at radius 2 is 1.65 bits per heavy atom. The van der Waals surface area contributed by atoms with E-state index in [9.17, 15) is 18.3 Å². The maximum atomic E-state index is 12.4. The molecule has 0 aliphatic carbocycles. The summed E-state index contributed by atoms with van der Waals surface area (Å²) in [5.41, 5.74) is -0.292. The van der Waals surface area contributed by atoms with Crippen LogP contribution in [0.2, 0.25) is 0 Å². The Morgan fingerprint density at radius 3 is 2.26 bits per heavy atom. The summed E-state index contributed by atoms with van der Waals surface area (Å²) in [6, 6.07) is 10.2. The van der Waals surface area contributed by atoms with Gasteiger partial charge in [-0.15, -0.1) is 0 Å². The Hall–Kier alpha value is -2.74. The fraction of sp³-hybridized carbons (Fsp3) is 0.133. The number of hydrogen-bond donors (Lipinski definition) is 2. The summed E-state index contributed by atoms with van der Waals surface area (Å²) in [5.74, 6) is -0.698. The molecule has 0 amide bonds. The smallest absolute Gasteiger partial charge is 0.337 e. The van der Waals surface area contributed by atoms with Crippen molar-refractivity contribution in [3.05, 3.63) is 48.0 Å². The molecule has 2 aromatic carbocycles. The number of carbonyl (C=O) groups is 1. The number of ether oxygens (including phenoxy) is 2. The first-order valence-corrected chi connectivity index (χ1v) is 8.20. The number of aromatic carboxylic acids is 1. The van der Waals surface area contributed by atoms with Gasteiger partial charge in [0.25, 0.3) is 10.0 Å². The van der Waals surface area contributed by atoms with Gasteiger partial charge in [-0.1, -0.05) is 18.2 Å². The minimum absolute atomic E-state index is 0.0335. The van der Waals surface area contributed by atoms with Crippen molar-refractivity contribution in [2.75, 3.05) is 17.9 Å². The van der Waals surface area contributed by atoms with Crippen LogP contribution >= 0.6 is 0 Å². The average molecular weight is 335 g/mol. The third kappa shape index (κ3) is 3.07. The predicted molar refractivity (Wildman–Crippen MR) is 81.6 cm³/mol. The van der Waals surface area contributed by atoms with E-state index in [-0.39, 0.29) is 21.9 Å². The molecule has 0 radical (unpaired) electrons. The SMILES string of the molecule is O=C(O)c1cc2c(cc1NS(=O)(=O)c1ccccc1)OCCO2. The molecule has 1 aliphatic heterocycles. The number of anilines is 1. The molecule has 120 valence electrons. The van der Waals surface area contributed by atoms with Gasteiger partial charge in [0.05, 0.1) is 16.1 Å². The van der Waals surface area contributed by atoms with Gasteiger partial charge in [0.1, 0.15) is 13.2 Å². The van der Waals surface area contributed by atoms with Crippen LogP contribution in [-0.4, -0.2) is 32.7 Å². The van der Waals surface area contributed by atoms with Gasteiger partial charge in [-0.2, -0.15) is 0 Å². The summed E-state index contributed by atoms with van der Waals surface area (Å²) >= 11 is 0. The van der Waals surface area contributed by atoms with E-state index in [0.717, 1.165) is 0 Å². The Balaban J connectivity index is 2.04. The second-order valence-electron chi connectivity index (χ2n) is 4.77. The van der Waals surface area contributed by atoms with Crippen LogP contribution in [0.1, 0.15) is 10.4 Å². The lowest BCUT2D eigenvalue weighted by Gasteiger charge is -2.20. The molecule has 0 atom stereocenters. The summed E-state index contributed by atoms with van der Waals surface area (Å²) in [4.78, 5) is 11.4. The van der Waals surface area contributed by atoms with E-state index >= 15 is 0 Å². The Morgan fingerprint density at radius 1 is 1.04 bits per heavy atom. The lowest BCUT2D eigenvalue weighted by Crippen LogP contribution is -2.19. The highest BCUT2D eigenvalue weighted by molar-refractivity contribution is 7.92. The number of rotatable bonds is 4. The molecular weight excluding hydrogens is 322 g/mol. The van der Waals surface area contributed by atoms with E-state index in [1.54, 1.807) is 18.2 Å². The largest absolute Gasteiger partial charge is 0.486 e. The van der Waals surface area contributed by atoms with Gasteiger partial charge in [0.15, 0.2) is 11.5 Å². The first-order chi connectivity index (χ1) is 11.0. The maximum Gasteiger partial charge on any atom is 0.337 e. The summed E-state index contributed by atoms with van der Waals surface area (Å²) in [6.07, 6.45) is 0. The van der Waals surface area contributed by atoms with E-state index in [2.05, 4.69) is 4.72 Å². The fourth-order valence-electron chi connectivity index (χ4n) is 2.15. The number of benzene rings is 2. The maximum absolute atomic E-state index is 12.4. The molecule has 2 aromatic rings. The van der Waals surface area contributed by atoms with Gasteiger partial charge in [0, 0.05) is 12.1 Å². The number of carboxylic acid groups (broad SMARTS) is 1. The van der Waals surface area contributed by atoms with Gasteiger partial charge in [0.2, 0.25) is 0 Å². The standard InChI is InChI=1S/C15H13NO6S/c17-15(18)11-8-13-14(22-7-6-21-13)9-12(11)16-23(19,20)10-4-2-1-3-5-10/h1-5,8-9,16H,6-7H2,(H,17,18). The highest BCUT2D eigenvalue weighted by Crippen LogP contribution is 2.36. The Labute approximate surface area is 132 Å². The summed E-state index contributed by atoms with van der Waals surface area (Å²) in [6.45, 7) is 0.617. The fourth-order valence-corrected chi connectivity index (χ4v) is 3.25. The molecule has 2 N–H and O–H groups in total. The highest BCUT2D eigenvalue weighted by atomic mass is 32.2. The molecule has 1 aliphatic rings. The lowest BCUT2D eigenvalue weighted by molar-refractivity contribution is 0.0697. The van der Waals surface area contributed by atoms with Crippen LogP contribution in [0.15, 0.2) is 47.4 Å². The van der Waals surface area contributed by atoms with Crippen molar-refractivity contribution in [2.24, 2.45) is 0 Å². The molecule has 3 rings (SSSR count). The third-order valence-corrected chi connectivity index (χ3v) is 4.59. The number of carboxylic acids is 1. The van der Waals surface area contributed by atoms with Crippen LogP contribution in [-0.2, 0) is 10.0 Å². The summed E-state index contributed by atoms with van der Waals surface area (Å²) in [5, 5.41) is 9.30. The molecule has 0 saturated heterocycles. The van der Waals surface area contributed by atoms with Crippen molar-refractivity contribution in [1.29, 1.82) is 0 Å². The normalized spacial score (nSPS) is 13.4. The first kappa shape index (κ1) is 15.2. The summed E-state index contributed by atoms with van der Waals surface area (Å²) in [7, 11) is -3.91. The molecule has 0 bridgehead atoms. The predicted octanol–water partition coefficient (Wildman–Crippen LogP) is 1.96. The van der Waals surface area contributed by atoms with Crippen molar-refractivity contribution >= 4 is 21.7 Å². The van der Waals surface area contributed by atoms with Gasteiger partial charge >= 0.3 is 5.97 Å². The third-order valence-electron chi connectivity index (χ3n) is 3.21. The van der Waals surface area contributed by atoms with Crippen molar-refractivity contribution in [1.82, 2.24) is 0 Å². The number of sulfonamides is 1. The van der Waals surface area contributed by atoms with E-state index < -0.39 is 16.0 Å². The quantitative estimate of drug-likeness (QED) is 0.885. The molecule has 7 nitrogen and oxygen atoms in total. The van der Waals surface area contributed by atoms with Crippen molar-refractivity contribution in [3.63, 3.8) is 0 Å². The highest BCUT2D eigenvalue weighted by Gasteiger charge is 2.23. The van der Waals surface area contributed by atoms with E-state index in [1.807, 2.05) is 0 Å². The average Bonchev–Trinajstić information content (AvgIpc) is 2.54. The molecule has 0 aromatic heterocycles. The minimum atomic E-state index is -3.91. The van der Waals surface area contributed by atoms with Gasteiger partial charge in [-0.25, -0.2) is 13.2 Å². The van der Waals surface area contributed by atoms with E-state index in [1.165, 1.54) is 24.3 Å². The molecular formula is C15H13NO6S. The molecule has 0 fully saturated rings. The zero-order valence-electron chi connectivity index (χ0n) is 11.9. The van der Waals surface area contributed by atoms with E-state index in [4.69, 9.17) is 9.47 Å². The summed E-state index contributed by atoms with van der Waals surface area (Å²) < 4.78 is 37.7. The van der Waals surface area contributed by atoms with Gasteiger partial charge in [-0.3, -0.25) is 4.72 Å². The number of nitrogens with one attached hydrogen (secondary N) is 1. The van der Waals surface area contributed by atoms with Crippen molar-refractivity contribution in [3.8, 4) is 11.5 Å². The van der Waals surface area contributed by atoms with Crippen molar-refractivity contribution < 1.29 is 27.8 Å². The van der Waals surface area contributed by atoms with Gasteiger partial charge < -0.3 is 14.6 Å². The van der Waals surface area contributed by atoms with Crippen LogP contribution in [0.3, 0.4) is 0 Å². The van der Waals surface area contributed by atoms with Crippen LogP contribution in [0.25, 0.3) is 0 Å². The molecule has 8 heteroatoms. The van der Waals surface area contributed by atoms with Gasteiger partial charge in [-0.05, 0) is 12.1 Å². The number of fused-ring (bicyclic) bond motifs is 1. The Kier molecular flexibility index (Phi) is 3.83. The second-order valence-corrected chi connectivity index (χ2v) is 6.45. The molecule has 0 spiro atoms. The lowest BCUT2D eigenvalue weighted by atomic mass is 10.1. The monoisotopic (exact) mass is 335 g/mol. The first-order valence-electron chi connectivity index (χ1n) is 6.72. The van der Waals surface area contributed by atoms with Crippen LogP contribution in [0, 0.1) is 0 Å². The molecule has 0 unspecified atom stereocenters. The topological polar surface area (TPSA) is 102 Å². The van der Waals surface area contributed by atoms with Crippen LogP contribution in [0.4, 0.5) is 5.69 Å². The zero-order valence-corrected chi connectivity index (χ0v) is 12.7. The minimum Gasteiger partial charge on any atom is -0.486 e.